The van der Waals surface area contributed by atoms with E-state index in [9.17, 15) is 22.4 Å². The molecule has 0 atom stereocenters. The summed E-state index contributed by atoms with van der Waals surface area (Å²) in [5.74, 6) is -9.46. The van der Waals surface area contributed by atoms with Crippen molar-refractivity contribution < 1.29 is 27.1 Å². The number of carbonyl (C=O) groups is 1. The lowest BCUT2D eigenvalue weighted by Crippen LogP contribution is -2.13. The van der Waals surface area contributed by atoms with Crippen molar-refractivity contribution in [2.75, 3.05) is 0 Å². The summed E-state index contributed by atoms with van der Waals surface area (Å²) in [6.45, 7) is 1.85. The number of halogens is 4. The van der Waals surface area contributed by atoms with E-state index in [2.05, 4.69) is 9.72 Å². The number of benzene rings is 1. The summed E-state index contributed by atoms with van der Waals surface area (Å²) in [6, 6.07) is 2.88. The SMILES string of the molecule is CCc1ccc(C(=O)Oc2c(F)c(F)cc(F)c2F)cn1. The number of rotatable bonds is 3. The zero-order chi connectivity index (χ0) is 15.6. The molecule has 2 aromatic rings. The molecule has 0 bridgehead atoms. The second-order valence-corrected chi connectivity index (χ2v) is 4.08. The molecule has 0 saturated heterocycles. The van der Waals surface area contributed by atoms with Crippen LogP contribution in [0.1, 0.15) is 23.0 Å². The average molecular weight is 299 g/mol. The van der Waals surface area contributed by atoms with E-state index in [-0.39, 0.29) is 11.6 Å². The van der Waals surface area contributed by atoms with E-state index < -0.39 is 35.0 Å². The first kappa shape index (κ1) is 15.0. The Labute approximate surface area is 117 Å². The van der Waals surface area contributed by atoms with Crippen LogP contribution in [-0.2, 0) is 6.42 Å². The van der Waals surface area contributed by atoms with E-state index in [0.29, 0.717) is 12.1 Å². The van der Waals surface area contributed by atoms with Crippen molar-refractivity contribution in [3.8, 4) is 5.75 Å². The van der Waals surface area contributed by atoms with Crippen LogP contribution in [0, 0.1) is 23.3 Å². The van der Waals surface area contributed by atoms with Crippen LogP contribution in [0.3, 0.4) is 0 Å². The van der Waals surface area contributed by atoms with Gasteiger partial charge in [0.15, 0.2) is 11.6 Å². The number of aryl methyl sites for hydroxylation is 1. The van der Waals surface area contributed by atoms with Crippen molar-refractivity contribution in [1.29, 1.82) is 0 Å². The summed E-state index contributed by atoms with van der Waals surface area (Å²) in [6.07, 6.45) is 1.78. The van der Waals surface area contributed by atoms with Crippen molar-refractivity contribution in [2.45, 2.75) is 13.3 Å². The summed E-state index contributed by atoms with van der Waals surface area (Å²) in [4.78, 5) is 15.6. The Morgan fingerprint density at radius 3 is 2.24 bits per heavy atom. The topological polar surface area (TPSA) is 39.2 Å². The number of pyridine rings is 1. The van der Waals surface area contributed by atoms with Gasteiger partial charge in [-0.2, -0.15) is 8.78 Å². The molecule has 0 spiro atoms. The van der Waals surface area contributed by atoms with Gasteiger partial charge in [0.05, 0.1) is 5.56 Å². The third kappa shape index (κ3) is 3.01. The molecule has 21 heavy (non-hydrogen) atoms. The third-order valence-corrected chi connectivity index (χ3v) is 2.69. The zero-order valence-electron chi connectivity index (χ0n) is 10.8. The molecular weight excluding hydrogens is 290 g/mol. The minimum Gasteiger partial charge on any atom is -0.416 e. The van der Waals surface area contributed by atoms with Gasteiger partial charge < -0.3 is 4.74 Å². The fourth-order valence-corrected chi connectivity index (χ4v) is 1.55. The van der Waals surface area contributed by atoms with Gasteiger partial charge in [0, 0.05) is 18.0 Å². The number of hydrogen-bond donors (Lipinski definition) is 0. The van der Waals surface area contributed by atoms with Gasteiger partial charge in [-0.05, 0) is 18.6 Å². The molecule has 0 amide bonds. The van der Waals surface area contributed by atoms with Crippen LogP contribution in [0.25, 0.3) is 0 Å². The van der Waals surface area contributed by atoms with Crippen molar-refractivity contribution >= 4 is 5.97 Å². The third-order valence-electron chi connectivity index (χ3n) is 2.69. The summed E-state index contributed by atoms with van der Waals surface area (Å²) in [5, 5.41) is 0. The molecule has 1 aromatic carbocycles. The van der Waals surface area contributed by atoms with Crippen molar-refractivity contribution in [1.82, 2.24) is 4.98 Å². The lowest BCUT2D eigenvalue weighted by Gasteiger charge is -2.08. The lowest BCUT2D eigenvalue weighted by molar-refractivity contribution is 0.0717. The average Bonchev–Trinajstić information content (AvgIpc) is 2.49. The van der Waals surface area contributed by atoms with Gasteiger partial charge in [0.2, 0.25) is 17.4 Å². The van der Waals surface area contributed by atoms with Gasteiger partial charge in [-0.15, -0.1) is 0 Å². The maximum atomic E-state index is 13.4. The van der Waals surface area contributed by atoms with Gasteiger partial charge >= 0.3 is 5.97 Å². The van der Waals surface area contributed by atoms with E-state index in [4.69, 9.17) is 0 Å². The van der Waals surface area contributed by atoms with Crippen LogP contribution in [0.5, 0.6) is 5.75 Å². The first-order chi connectivity index (χ1) is 9.93. The first-order valence-electron chi connectivity index (χ1n) is 5.94. The van der Waals surface area contributed by atoms with Crippen LogP contribution in [0.2, 0.25) is 0 Å². The van der Waals surface area contributed by atoms with E-state index in [1.165, 1.54) is 12.1 Å². The Morgan fingerprint density at radius 1 is 1.14 bits per heavy atom. The molecule has 0 aliphatic heterocycles. The Bertz CT molecular complexity index is 660. The van der Waals surface area contributed by atoms with Crippen molar-refractivity contribution in [3.05, 3.63) is 58.9 Å². The standard InChI is InChI=1S/C14H9F4NO2/c1-2-8-4-3-7(6-19-8)14(20)21-13-11(17)9(15)5-10(16)12(13)18/h3-6H,2H2,1H3. The number of ether oxygens (including phenoxy) is 1. The maximum absolute atomic E-state index is 13.4. The highest BCUT2D eigenvalue weighted by molar-refractivity contribution is 5.90. The monoisotopic (exact) mass is 299 g/mol. The molecule has 3 nitrogen and oxygen atoms in total. The van der Waals surface area contributed by atoms with Gasteiger partial charge in [-0.1, -0.05) is 6.92 Å². The highest BCUT2D eigenvalue weighted by Gasteiger charge is 2.23. The molecule has 0 aliphatic carbocycles. The first-order valence-corrected chi connectivity index (χ1v) is 5.94. The minimum absolute atomic E-state index is 0.0274. The molecule has 1 aromatic heterocycles. The number of aromatic nitrogens is 1. The maximum Gasteiger partial charge on any atom is 0.345 e. The molecule has 0 saturated carbocycles. The Balaban J connectivity index is 2.31. The van der Waals surface area contributed by atoms with Gasteiger partial charge in [0.1, 0.15) is 0 Å². The molecule has 1 heterocycles. The fraction of sp³-hybridized carbons (Fsp3) is 0.143. The molecule has 0 radical (unpaired) electrons. The van der Waals surface area contributed by atoms with Crippen molar-refractivity contribution in [3.63, 3.8) is 0 Å². The van der Waals surface area contributed by atoms with Gasteiger partial charge in [-0.25, -0.2) is 13.6 Å². The Hall–Kier alpha value is -2.44. The number of hydrogen-bond acceptors (Lipinski definition) is 3. The van der Waals surface area contributed by atoms with Crippen LogP contribution in [0.15, 0.2) is 24.4 Å². The van der Waals surface area contributed by atoms with E-state index >= 15 is 0 Å². The van der Waals surface area contributed by atoms with E-state index in [0.717, 1.165) is 6.20 Å². The van der Waals surface area contributed by atoms with Crippen LogP contribution in [0.4, 0.5) is 17.6 Å². The predicted molar refractivity (Wildman–Crippen MR) is 64.8 cm³/mol. The highest BCUT2D eigenvalue weighted by Crippen LogP contribution is 2.27. The smallest absolute Gasteiger partial charge is 0.345 e. The summed E-state index contributed by atoms with van der Waals surface area (Å²) < 4.78 is 57.1. The lowest BCUT2D eigenvalue weighted by atomic mass is 10.2. The Kier molecular flexibility index (Phi) is 4.21. The second kappa shape index (κ2) is 5.90. The fourth-order valence-electron chi connectivity index (χ4n) is 1.55. The Morgan fingerprint density at radius 2 is 1.76 bits per heavy atom. The molecule has 0 unspecified atom stereocenters. The largest absolute Gasteiger partial charge is 0.416 e. The molecular formula is C14H9F4NO2. The predicted octanol–water partition coefficient (Wildman–Crippen LogP) is 3.42. The van der Waals surface area contributed by atoms with Crippen LogP contribution < -0.4 is 4.74 Å². The molecule has 110 valence electrons. The van der Waals surface area contributed by atoms with E-state index in [1.807, 2.05) is 6.92 Å². The number of nitrogens with zero attached hydrogens (tertiary/aromatic N) is 1. The molecule has 7 heteroatoms. The van der Waals surface area contributed by atoms with Gasteiger partial charge in [0.25, 0.3) is 0 Å². The summed E-state index contributed by atoms with van der Waals surface area (Å²) >= 11 is 0. The van der Waals surface area contributed by atoms with E-state index in [1.54, 1.807) is 0 Å². The molecule has 0 N–H and O–H groups in total. The van der Waals surface area contributed by atoms with Crippen LogP contribution >= 0.6 is 0 Å². The van der Waals surface area contributed by atoms with Crippen molar-refractivity contribution in [2.24, 2.45) is 0 Å². The highest BCUT2D eigenvalue weighted by atomic mass is 19.2. The normalized spacial score (nSPS) is 10.5. The minimum atomic E-state index is -1.78. The summed E-state index contributed by atoms with van der Waals surface area (Å²) in [5.41, 5.74) is 0.594. The molecule has 0 fully saturated rings. The zero-order valence-corrected chi connectivity index (χ0v) is 10.8. The molecule has 2 rings (SSSR count). The molecule has 0 aliphatic rings. The second-order valence-electron chi connectivity index (χ2n) is 4.08. The number of esters is 1. The van der Waals surface area contributed by atoms with Gasteiger partial charge in [-0.3, -0.25) is 4.98 Å². The quantitative estimate of drug-likeness (QED) is 0.377. The summed E-state index contributed by atoms with van der Waals surface area (Å²) in [7, 11) is 0. The van der Waals surface area contributed by atoms with Crippen LogP contribution in [-0.4, -0.2) is 11.0 Å². The number of carbonyl (C=O) groups excluding carboxylic acids is 1.